The standard InChI is InChI=1S/C24H20Cl2N2O2/c1-15-13-19(14-16(2)22(15)26)30-12-11-28-23(17-7-9-18(25)10-8-17)27-21-6-4-3-5-20(21)24(28)29/h3-10,13-14H,11-12H2,1-2H3. The number of nitrogens with zero attached hydrogens (tertiary/aromatic N) is 2. The molecule has 4 aromatic rings. The van der Waals surface area contributed by atoms with Crippen molar-refractivity contribution in [1.29, 1.82) is 0 Å². The Bertz CT molecular complexity index is 1260. The van der Waals surface area contributed by atoms with Crippen LogP contribution in [0, 0.1) is 13.8 Å². The number of para-hydroxylation sites is 1. The average Bonchev–Trinajstić information content (AvgIpc) is 2.74. The van der Waals surface area contributed by atoms with Crippen molar-refractivity contribution < 1.29 is 4.74 Å². The first-order valence-corrected chi connectivity index (χ1v) is 10.3. The monoisotopic (exact) mass is 438 g/mol. The molecule has 0 aliphatic rings. The number of aryl methyl sites for hydroxylation is 2. The molecule has 4 nitrogen and oxygen atoms in total. The normalized spacial score (nSPS) is 11.1. The Morgan fingerprint density at radius 2 is 1.63 bits per heavy atom. The van der Waals surface area contributed by atoms with Crippen LogP contribution in [0.1, 0.15) is 11.1 Å². The maximum Gasteiger partial charge on any atom is 0.261 e. The van der Waals surface area contributed by atoms with Gasteiger partial charge in [-0.25, -0.2) is 4.98 Å². The molecule has 0 bridgehead atoms. The lowest BCUT2D eigenvalue weighted by atomic mass is 10.1. The Labute approximate surface area is 184 Å². The van der Waals surface area contributed by atoms with Gasteiger partial charge in [-0.3, -0.25) is 9.36 Å². The molecule has 30 heavy (non-hydrogen) atoms. The highest BCUT2D eigenvalue weighted by atomic mass is 35.5. The molecule has 152 valence electrons. The molecule has 1 aromatic heterocycles. The molecule has 3 aromatic carbocycles. The maximum absolute atomic E-state index is 13.2. The number of halogens is 2. The second kappa shape index (κ2) is 8.50. The fraction of sp³-hybridized carbons (Fsp3) is 0.167. The summed E-state index contributed by atoms with van der Waals surface area (Å²) in [5, 5.41) is 1.95. The zero-order chi connectivity index (χ0) is 21.3. The van der Waals surface area contributed by atoms with E-state index in [0.717, 1.165) is 27.5 Å². The summed E-state index contributed by atoms with van der Waals surface area (Å²) in [5.74, 6) is 1.31. The number of ether oxygens (including phenoxy) is 1. The molecule has 0 atom stereocenters. The molecule has 0 radical (unpaired) electrons. The van der Waals surface area contributed by atoms with Crippen molar-refractivity contribution in [2.24, 2.45) is 0 Å². The van der Waals surface area contributed by atoms with Crippen LogP contribution >= 0.6 is 23.2 Å². The molecular formula is C24H20Cl2N2O2. The van der Waals surface area contributed by atoms with E-state index in [4.69, 9.17) is 32.9 Å². The van der Waals surface area contributed by atoms with Crippen molar-refractivity contribution in [3.8, 4) is 17.1 Å². The van der Waals surface area contributed by atoms with Crippen LogP contribution in [0.15, 0.2) is 65.5 Å². The molecule has 6 heteroatoms. The van der Waals surface area contributed by atoms with Gasteiger partial charge in [0.05, 0.1) is 17.4 Å². The highest BCUT2D eigenvalue weighted by Gasteiger charge is 2.13. The number of benzene rings is 3. The molecule has 0 aliphatic carbocycles. The Morgan fingerprint density at radius 3 is 2.33 bits per heavy atom. The van der Waals surface area contributed by atoms with Gasteiger partial charge in [-0.1, -0.05) is 35.3 Å². The highest BCUT2D eigenvalue weighted by Crippen LogP contribution is 2.26. The number of aromatic nitrogens is 2. The first-order chi connectivity index (χ1) is 14.4. The van der Waals surface area contributed by atoms with Gasteiger partial charge in [0.1, 0.15) is 18.2 Å². The Kier molecular flexibility index (Phi) is 5.80. The third-order valence-corrected chi connectivity index (χ3v) is 5.81. The third kappa shape index (κ3) is 4.07. The van der Waals surface area contributed by atoms with Crippen LogP contribution < -0.4 is 10.3 Å². The van der Waals surface area contributed by atoms with Crippen molar-refractivity contribution in [2.75, 3.05) is 6.61 Å². The molecule has 0 unspecified atom stereocenters. The van der Waals surface area contributed by atoms with E-state index < -0.39 is 0 Å². The maximum atomic E-state index is 13.2. The molecule has 1 heterocycles. The van der Waals surface area contributed by atoms with Crippen molar-refractivity contribution in [3.63, 3.8) is 0 Å². The number of rotatable bonds is 5. The van der Waals surface area contributed by atoms with Crippen molar-refractivity contribution in [3.05, 3.63) is 92.2 Å². The van der Waals surface area contributed by atoms with E-state index in [0.29, 0.717) is 34.9 Å². The topological polar surface area (TPSA) is 44.1 Å². The number of hydrogen-bond acceptors (Lipinski definition) is 3. The number of fused-ring (bicyclic) bond motifs is 1. The van der Waals surface area contributed by atoms with E-state index in [1.54, 1.807) is 22.8 Å². The van der Waals surface area contributed by atoms with E-state index in [1.807, 2.05) is 56.3 Å². The predicted molar refractivity (Wildman–Crippen MR) is 123 cm³/mol. The van der Waals surface area contributed by atoms with Crippen LogP contribution in [0.5, 0.6) is 5.75 Å². The molecule has 0 aliphatic heterocycles. The van der Waals surface area contributed by atoms with Crippen LogP contribution in [-0.2, 0) is 6.54 Å². The van der Waals surface area contributed by atoms with Gasteiger partial charge < -0.3 is 4.74 Å². The first kappa shape index (κ1) is 20.5. The summed E-state index contributed by atoms with van der Waals surface area (Å²) < 4.78 is 7.59. The lowest BCUT2D eigenvalue weighted by molar-refractivity contribution is 0.296. The molecule has 0 N–H and O–H groups in total. The summed E-state index contributed by atoms with van der Waals surface area (Å²) in [4.78, 5) is 18.0. The summed E-state index contributed by atoms with van der Waals surface area (Å²) in [5.41, 5.74) is 3.29. The van der Waals surface area contributed by atoms with Gasteiger partial charge in [-0.15, -0.1) is 0 Å². The fourth-order valence-corrected chi connectivity index (χ4v) is 3.67. The second-order valence-corrected chi connectivity index (χ2v) is 7.95. The first-order valence-electron chi connectivity index (χ1n) is 9.59. The molecule has 0 amide bonds. The van der Waals surface area contributed by atoms with Gasteiger partial charge in [0, 0.05) is 15.6 Å². The minimum Gasteiger partial charge on any atom is -0.492 e. The van der Waals surface area contributed by atoms with Gasteiger partial charge in [0.25, 0.3) is 5.56 Å². The number of hydrogen-bond donors (Lipinski definition) is 0. The van der Waals surface area contributed by atoms with Crippen LogP contribution in [0.3, 0.4) is 0 Å². The molecule has 0 saturated heterocycles. The van der Waals surface area contributed by atoms with Gasteiger partial charge in [-0.05, 0) is 73.5 Å². The SMILES string of the molecule is Cc1cc(OCCn2c(-c3ccc(Cl)cc3)nc3ccccc3c2=O)cc(C)c1Cl. The molecule has 0 fully saturated rings. The van der Waals surface area contributed by atoms with Crippen molar-refractivity contribution in [1.82, 2.24) is 9.55 Å². The molecule has 0 saturated carbocycles. The van der Waals surface area contributed by atoms with Crippen LogP contribution in [0.4, 0.5) is 0 Å². The summed E-state index contributed by atoms with van der Waals surface area (Å²) in [6.45, 7) is 4.56. The minimum atomic E-state index is -0.0994. The summed E-state index contributed by atoms with van der Waals surface area (Å²) in [7, 11) is 0. The zero-order valence-electron chi connectivity index (χ0n) is 16.7. The van der Waals surface area contributed by atoms with E-state index >= 15 is 0 Å². The van der Waals surface area contributed by atoms with E-state index in [2.05, 4.69) is 0 Å². The summed E-state index contributed by atoms with van der Waals surface area (Å²) in [6.07, 6.45) is 0. The largest absolute Gasteiger partial charge is 0.492 e. The Morgan fingerprint density at radius 1 is 0.967 bits per heavy atom. The lowest BCUT2D eigenvalue weighted by Gasteiger charge is -2.15. The van der Waals surface area contributed by atoms with Gasteiger partial charge in [0.15, 0.2) is 0 Å². The lowest BCUT2D eigenvalue weighted by Crippen LogP contribution is -2.26. The quantitative estimate of drug-likeness (QED) is 0.379. The van der Waals surface area contributed by atoms with E-state index in [1.165, 1.54) is 0 Å². The Hall–Kier alpha value is -2.82. The zero-order valence-corrected chi connectivity index (χ0v) is 18.2. The molecular weight excluding hydrogens is 419 g/mol. The smallest absolute Gasteiger partial charge is 0.261 e. The average molecular weight is 439 g/mol. The highest BCUT2D eigenvalue weighted by molar-refractivity contribution is 6.32. The summed E-state index contributed by atoms with van der Waals surface area (Å²) >= 11 is 12.3. The van der Waals surface area contributed by atoms with E-state index in [-0.39, 0.29) is 5.56 Å². The van der Waals surface area contributed by atoms with Gasteiger partial charge >= 0.3 is 0 Å². The predicted octanol–water partition coefficient (Wildman–Crippen LogP) is 6.07. The molecule has 4 rings (SSSR count). The van der Waals surface area contributed by atoms with E-state index in [9.17, 15) is 4.79 Å². The Balaban J connectivity index is 1.70. The van der Waals surface area contributed by atoms with Crippen molar-refractivity contribution in [2.45, 2.75) is 20.4 Å². The summed E-state index contributed by atoms with van der Waals surface area (Å²) in [6, 6.07) is 18.5. The minimum absolute atomic E-state index is 0.0994. The van der Waals surface area contributed by atoms with Crippen LogP contribution in [-0.4, -0.2) is 16.2 Å². The van der Waals surface area contributed by atoms with Crippen LogP contribution in [0.2, 0.25) is 10.0 Å². The van der Waals surface area contributed by atoms with Crippen molar-refractivity contribution >= 4 is 34.1 Å². The van der Waals surface area contributed by atoms with Gasteiger partial charge in [-0.2, -0.15) is 0 Å². The molecule has 0 spiro atoms. The third-order valence-electron chi connectivity index (χ3n) is 4.96. The second-order valence-electron chi connectivity index (χ2n) is 7.14. The van der Waals surface area contributed by atoms with Gasteiger partial charge in [0.2, 0.25) is 0 Å². The fourth-order valence-electron chi connectivity index (χ4n) is 3.44. The van der Waals surface area contributed by atoms with Crippen LogP contribution in [0.25, 0.3) is 22.3 Å².